The van der Waals surface area contributed by atoms with E-state index in [1.165, 1.54) is 40.4 Å². The van der Waals surface area contributed by atoms with Crippen molar-refractivity contribution in [2.45, 2.75) is 18.5 Å². The minimum absolute atomic E-state index is 0.00151. The predicted molar refractivity (Wildman–Crippen MR) is 115 cm³/mol. The van der Waals surface area contributed by atoms with Crippen molar-refractivity contribution in [1.82, 2.24) is 20.2 Å². The number of carbonyl (C=O) groups is 2. The molecule has 160 valence electrons. The maximum atomic E-state index is 14.5. The Morgan fingerprint density at radius 2 is 2.13 bits per heavy atom. The largest absolute Gasteiger partial charge is 0.347 e. The Bertz CT molecular complexity index is 1200. The third-order valence-corrected chi connectivity index (χ3v) is 6.02. The lowest BCUT2D eigenvalue weighted by molar-refractivity contribution is -0.117. The molecule has 3 N–H and O–H groups in total. The van der Waals surface area contributed by atoms with E-state index >= 15 is 0 Å². The first-order valence-corrected chi connectivity index (χ1v) is 10.5. The molecule has 3 heterocycles. The molecule has 1 saturated heterocycles. The van der Waals surface area contributed by atoms with E-state index in [9.17, 15) is 18.8 Å². The molecule has 8 nitrogen and oxygen atoms in total. The number of benzene rings is 1. The van der Waals surface area contributed by atoms with Crippen LogP contribution in [0.4, 0.5) is 10.1 Å². The van der Waals surface area contributed by atoms with E-state index in [1.54, 1.807) is 12.1 Å². The average Bonchev–Trinajstić information content (AvgIpc) is 3.39. The third-order valence-electron chi connectivity index (χ3n) is 4.79. The van der Waals surface area contributed by atoms with E-state index in [0.29, 0.717) is 27.9 Å². The Morgan fingerprint density at radius 3 is 2.84 bits per heavy atom. The normalized spacial score (nSPS) is 18.0. The van der Waals surface area contributed by atoms with Gasteiger partial charge in [-0.2, -0.15) is 0 Å². The monoisotopic (exact) mass is 461 g/mol. The van der Waals surface area contributed by atoms with Gasteiger partial charge in [-0.05, 0) is 30.7 Å². The lowest BCUT2D eigenvalue weighted by Crippen LogP contribution is -2.35. The summed E-state index contributed by atoms with van der Waals surface area (Å²) in [4.78, 5) is 40.8. The molecule has 2 amide bonds. The first-order valence-electron chi connectivity index (χ1n) is 9.34. The van der Waals surface area contributed by atoms with Gasteiger partial charge in [-0.3, -0.25) is 23.9 Å². The second-order valence-corrected chi connectivity index (χ2v) is 8.62. The van der Waals surface area contributed by atoms with E-state index in [-0.39, 0.29) is 17.6 Å². The molecule has 11 heteroatoms. The van der Waals surface area contributed by atoms with Crippen molar-refractivity contribution in [3.63, 3.8) is 0 Å². The van der Waals surface area contributed by atoms with Gasteiger partial charge >= 0.3 is 0 Å². The molecular weight excluding hydrogens is 445 g/mol. The van der Waals surface area contributed by atoms with Gasteiger partial charge < -0.3 is 16.0 Å². The molecule has 1 fully saturated rings. The molecule has 0 aliphatic carbocycles. The van der Waals surface area contributed by atoms with Crippen molar-refractivity contribution in [2.24, 2.45) is 0 Å². The zero-order valence-electron chi connectivity index (χ0n) is 16.0. The van der Waals surface area contributed by atoms with Crippen LogP contribution in [-0.2, 0) is 4.79 Å². The third kappa shape index (κ3) is 4.82. The number of rotatable bonds is 5. The van der Waals surface area contributed by atoms with E-state index < -0.39 is 23.3 Å². The SMILES string of the molecule is O=C(N[C@@H]1CN[C@H](C(=O)Nc2ccc(-n3ccncc3=O)cc2F)C1)c1ccc(Cl)s1. The standard InChI is InChI=1S/C20H17ClFN5O3S/c21-17-4-3-16(31-17)20(30)25-11-7-15(24-9-11)19(29)26-14-2-1-12(8-13(14)22)27-6-5-23-10-18(27)28/h1-6,8,10-11,15,24H,7,9H2,(H,25,30)(H,26,29)/t11-,15-/m0/s1. The smallest absolute Gasteiger partial charge is 0.273 e. The maximum Gasteiger partial charge on any atom is 0.273 e. The fraction of sp³-hybridized carbons (Fsp3) is 0.200. The van der Waals surface area contributed by atoms with Crippen molar-refractivity contribution in [2.75, 3.05) is 11.9 Å². The van der Waals surface area contributed by atoms with Crippen LogP contribution in [0.15, 0.2) is 53.7 Å². The van der Waals surface area contributed by atoms with E-state index in [2.05, 4.69) is 20.9 Å². The van der Waals surface area contributed by atoms with Gasteiger partial charge in [0.25, 0.3) is 11.5 Å². The quantitative estimate of drug-likeness (QED) is 0.540. The molecule has 1 aliphatic rings. The minimum Gasteiger partial charge on any atom is -0.347 e. The van der Waals surface area contributed by atoms with Crippen LogP contribution in [0.3, 0.4) is 0 Å². The van der Waals surface area contributed by atoms with Gasteiger partial charge in [0.1, 0.15) is 5.82 Å². The zero-order chi connectivity index (χ0) is 22.0. The van der Waals surface area contributed by atoms with Crippen molar-refractivity contribution in [1.29, 1.82) is 0 Å². The number of hydrogen-bond acceptors (Lipinski definition) is 6. The number of carbonyl (C=O) groups excluding carboxylic acids is 2. The number of hydrogen-bond donors (Lipinski definition) is 3. The summed E-state index contributed by atoms with van der Waals surface area (Å²) in [6.07, 6.45) is 4.34. The summed E-state index contributed by atoms with van der Waals surface area (Å²) < 4.78 is 16.3. The molecule has 4 rings (SSSR count). The molecule has 0 bridgehead atoms. The zero-order valence-corrected chi connectivity index (χ0v) is 17.5. The van der Waals surface area contributed by atoms with Gasteiger partial charge in [0.15, 0.2) is 0 Å². The highest BCUT2D eigenvalue weighted by Gasteiger charge is 2.31. The molecule has 2 aromatic heterocycles. The number of nitrogens with zero attached hydrogens (tertiary/aromatic N) is 2. The summed E-state index contributed by atoms with van der Waals surface area (Å²) in [5.74, 6) is -1.34. The summed E-state index contributed by atoms with van der Waals surface area (Å²) >= 11 is 7.03. The predicted octanol–water partition coefficient (Wildman–Crippen LogP) is 2.19. The Kier molecular flexibility index (Phi) is 6.12. The Balaban J connectivity index is 1.37. The van der Waals surface area contributed by atoms with Gasteiger partial charge in [0.05, 0.1) is 32.8 Å². The van der Waals surface area contributed by atoms with Crippen LogP contribution in [0.1, 0.15) is 16.1 Å². The molecule has 3 aromatic rings. The topological polar surface area (TPSA) is 105 Å². The van der Waals surface area contributed by atoms with Crippen molar-refractivity contribution < 1.29 is 14.0 Å². The molecule has 0 spiro atoms. The molecule has 0 unspecified atom stereocenters. The minimum atomic E-state index is -0.674. The summed E-state index contributed by atoms with van der Waals surface area (Å²) in [5, 5.41) is 8.44. The van der Waals surface area contributed by atoms with Crippen LogP contribution >= 0.6 is 22.9 Å². The van der Waals surface area contributed by atoms with E-state index in [0.717, 1.165) is 12.3 Å². The number of amides is 2. The van der Waals surface area contributed by atoms with Crippen LogP contribution < -0.4 is 21.5 Å². The summed E-state index contributed by atoms with van der Waals surface area (Å²) in [6.45, 7) is 0.412. The number of anilines is 1. The van der Waals surface area contributed by atoms with Crippen LogP contribution in [0.2, 0.25) is 4.34 Å². The highest BCUT2D eigenvalue weighted by Crippen LogP contribution is 2.22. The van der Waals surface area contributed by atoms with Gasteiger partial charge in [-0.15, -0.1) is 11.3 Å². The average molecular weight is 462 g/mol. The fourth-order valence-corrected chi connectivity index (χ4v) is 4.22. The summed E-state index contributed by atoms with van der Waals surface area (Å²) in [5.41, 5.74) is -0.0801. The maximum absolute atomic E-state index is 14.5. The Labute approximate surface area is 185 Å². The Morgan fingerprint density at radius 1 is 1.29 bits per heavy atom. The molecular formula is C20H17ClFN5O3S. The van der Waals surface area contributed by atoms with Gasteiger partial charge in [0, 0.05) is 31.0 Å². The van der Waals surface area contributed by atoms with Gasteiger partial charge in [0.2, 0.25) is 5.91 Å². The van der Waals surface area contributed by atoms with Crippen LogP contribution in [0.25, 0.3) is 5.69 Å². The van der Waals surface area contributed by atoms with Crippen molar-refractivity contribution >= 4 is 40.4 Å². The summed E-state index contributed by atoms with van der Waals surface area (Å²) in [6, 6.07) is 6.54. The van der Waals surface area contributed by atoms with Crippen molar-refractivity contribution in [3.05, 3.63) is 74.3 Å². The van der Waals surface area contributed by atoms with Gasteiger partial charge in [-0.1, -0.05) is 11.6 Å². The number of nitrogens with one attached hydrogen (secondary N) is 3. The number of aromatic nitrogens is 2. The lowest BCUT2D eigenvalue weighted by Gasteiger charge is -2.13. The van der Waals surface area contributed by atoms with Gasteiger partial charge in [-0.25, -0.2) is 4.39 Å². The molecule has 0 saturated carbocycles. The highest BCUT2D eigenvalue weighted by atomic mass is 35.5. The first kappa shape index (κ1) is 21.2. The number of thiophene rings is 1. The van der Waals surface area contributed by atoms with Crippen LogP contribution in [0.5, 0.6) is 0 Å². The molecule has 0 radical (unpaired) electrons. The molecule has 2 atom stereocenters. The molecule has 1 aliphatic heterocycles. The second-order valence-electron chi connectivity index (χ2n) is 6.91. The summed E-state index contributed by atoms with van der Waals surface area (Å²) in [7, 11) is 0. The van der Waals surface area contributed by atoms with Crippen LogP contribution in [-0.4, -0.2) is 40.0 Å². The molecule has 31 heavy (non-hydrogen) atoms. The highest BCUT2D eigenvalue weighted by molar-refractivity contribution is 7.18. The number of halogens is 2. The van der Waals surface area contributed by atoms with Crippen LogP contribution in [0, 0.1) is 5.82 Å². The molecule has 1 aromatic carbocycles. The van der Waals surface area contributed by atoms with E-state index in [4.69, 9.17) is 11.6 Å². The second kappa shape index (κ2) is 8.96. The Hall–Kier alpha value is -3.08. The fourth-order valence-electron chi connectivity index (χ4n) is 3.27. The van der Waals surface area contributed by atoms with Crippen molar-refractivity contribution in [3.8, 4) is 5.69 Å². The lowest BCUT2D eigenvalue weighted by atomic mass is 10.1. The first-order chi connectivity index (χ1) is 14.9. The van der Waals surface area contributed by atoms with E-state index in [1.807, 2.05) is 0 Å².